The number of aromatic nitrogens is 3. The second-order valence-corrected chi connectivity index (χ2v) is 4.09. The second kappa shape index (κ2) is 5.14. The molecule has 7 heteroatoms. The van der Waals surface area contributed by atoms with E-state index < -0.39 is 4.92 Å². The molecule has 0 N–H and O–H groups in total. The molecule has 18 heavy (non-hydrogen) atoms. The van der Waals surface area contributed by atoms with Crippen molar-refractivity contribution in [3.63, 3.8) is 0 Å². The summed E-state index contributed by atoms with van der Waals surface area (Å²) in [6.07, 6.45) is 2.47. The van der Waals surface area contributed by atoms with Crippen molar-refractivity contribution in [3.8, 4) is 11.4 Å². The summed E-state index contributed by atoms with van der Waals surface area (Å²) >= 11 is 5.80. The van der Waals surface area contributed by atoms with Crippen LogP contribution < -0.4 is 0 Å². The van der Waals surface area contributed by atoms with E-state index in [4.69, 9.17) is 11.6 Å². The van der Waals surface area contributed by atoms with E-state index in [1.54, 1.807) is 16.9 Å². The van der Waals surface area contributed by atoms with Gasteiger partial charge in [-0.25, -0.2) is 4.98 Å². The third kappa shape index (κ3) is 2.33. The first-order chi connectivity index (χ1) is 8.63. The average molecular weight is 267 g/mol. The van der Waals surface area contributed by atoms with Gasteiger partial charge >= 0.3 is 0 Å². The van der Waals surface area contributed by atoms with Gasteiger partial charge in [0.05, 0.1) is 10.6 Å². The Kier molecular flexibility index (Phi) is 3.57. The highest BCUT2D eigenvalue weighted by molar-refractivity contribution is 6.29. The minimum Gasteiger partial charge on any atom is -0.263 e. The van der Waals surface area contributed by atoms with Crippen molar-refractivity contribution in [1.29, 1.82) is 0 Å². The molecule has 0 amide bonds. The smallest absolute Gasteiger partial charge is 0.263 e. The van der Waals surface area contributed by atoms with Crippen LogP contribution in [-0.2, 0) is 6.54 Å². The zero-order valence-electron chi connectivity index (χ0n) is 9.71. The summed E-state index contributed by atoms with van der Waals surface area (Å²) in [7, 11) is 0. The maximum Gasteiger partial charge on any atom is 0.297 e. The van der Waals surface area contributed by atoms with Crippen LogP contribution in [-0.4, -0.2) is 19.7 Å². The monoisotopic (exact) mass is 266 g/mol. The van der Waals surface area contributed by atoms with Gasteiger partial charge in [0, 0.05) is 18.8 Å². The summed E-state index contributed by atoms with van der Waals surface area (Å²) in [5.74, 6) is 0. The van der Waals surface area contributed by atoms with Crippen LogP contribution in [0.25, 0.3) is 11.4 Å². The highest BCUT2D eigenvalue weighted by Gasteiger charge is 2.20. The molecule has 2 heterocycles. The van der Waals surface area contributed by atoms with E-state index in [9.17, 15) is 10.1 Å². The molecule has 0 saturated heterocycles. The van der Waals surface area contributed by atoms with Crippen LogP contribution in [0.3, 0.4) is 0 Å². The Labute approximate surface area is 108 Å². The molecule has 0 bridgehead atoms. The predicted molar refractivity (Wildman–Crippen MR) is 67.4 cm³/mol. The van der Waals surface area contributed by atoms with E-state index in [2.05, 4.69) is 10.1 Å². The van der Waals surface area contributed by atoms with Crippen molar-refractivity contribution < 1.29 is 4.92 Å². The molecule has 0 unspecified atom stereocenters. The molecule has 6 nitrogen and oxygen atoms in total. The van der Waals surface area contributed by atoms with Crippen molar-refractivity contribution in [1.82, 2.24) is 14.8 Å². The number of hydrogen-bond donors (Lipinski definition) is 0. The van der Waals surface area contributed by atoms with Crippen LogP contribution in [0.5, 0.6) is 0 Å². The van der Waals surface area contributed by atoms with Crippen molar-refractivity contribution >= 4 is 17.3 Å². The summed E-state index contributed by atoms with van der Waals surface area (Å²) in [4.78, 5) is 14.6. The topological polar surface area (TPSA) is 73.8 Å². The van der Waals surface area contributed by atoms with Crippen LogP contribution in [0, 0.1) is 10.1 Å². The standard InChI is InChI=1S/C11H11ClN4O2/c1-2-7-15-8(5-6-13-15)11-9(16(17)18)3-4-10(12)14-11/h3-6H,2,7H2,1H3. The largest absolute Gasteiger partial charge is 0.297 e. The quantitative estimate of drug-likeness (QED) is 0.484. The molecule has 0 radical (unpaired) electrons. The lowest BCUT2D eigenvalue weighted by molar-refractivity contribution is -0.384. The number of rotatable bonds is 4. The summed E-state index contributed by atoms with van der Waals surface area (Å²) < 4.78 is 1.69. The molecule has 94 valence electrons. The van der Waals surface area contributed by atoms with Gasteiger partial charge in [-0.1, -0.05) is 18.5 Å². The maximum absolute atomic E-state index is 11.0. The number of aryl methyl sites for hydroxylation is 1. The number of hydrogen-bond acceptors (Lipinski definition) is 4. The fourth-order valence-corrected chi connectivity index (χ4v) is 1.84. The Morgan fingerprint density at radius 3 is 2.89 bits per heavy atom. The first-order valence-electron chi connectivity index (χ1n) is 5.46. The van der Waals surface area contributed by atoms with Crippen LogP contribution in [0.1, 0.15) is 13.3 Å². The first-order valence-corrected chi connectivity index (χ1v) is 5.84. The second-order valence-electron chi connectivity index (χ2n) is 3.70. The van der Waals surface area contributed by atoms with E-state index in [-0.39, 0.29) is 16.5 Å². The molecular weight excluding hydrogens is 256 g/mol. The molecular formula is C11H11ClN4O2. The lowest BCUT2D eigenvalue weighted by Gasteiger charge is -2.06. The van der Waals surface area contributed by atoms with Crippen molar-refractivity contribution in [3.05, 3.63) is 39.7 Å². The number of nitrogens with zero attached hydrogens (tertiary/aromatic N) is 4. The molecule has 0 aliphatic heterocycles. The summed E-state index contributed by atoms with van der Waals surface area (Å²) in [5.41, 5.74) is 0.779. The van der Waals surface area contributed by atoms with E-state index in [0.29, 0.717) is 12.2 Å². The molecule has 0 spiro atoms. The van der Waals surface area contributed by atoms with Gasteiger partial charge in [0.25, 0.3) is 5.69 Å². The normalized spacial score (nSPS) is 10.6. The van der Waals surface area contributed by atoms with Gasteiger partial charge < -0.3 is 0 Å². The fourth-order valence-electron chi connectivity index (χ4n) is 1.69. The van der Waals surface area contributed by atoms with Gasteiger partial charge in [-0.3, -0.25) is 14.8 Å². The zero-order valence-corrected chi connectivity index (χ0v) is 10.5. The maximum atomic E-state index is 11.0. The molecule has 0 aromatic carbocycles. The van der Waals surface area contributed by atoms with E-state index in [1.807, 2.05) is 6.92 Å². The zero-order chi connectivity index (χ0) is 13.1. The van der Waals surface area contributed by atoms with Gasteiger partial charge in [0.1, 0.15) is 5.15 Å². The lowest BCUT2D eigenvalue weighted by Crippen LogP contribution is -2.04. The van der Waals surface area contributed by atoms with Gasteiger partial charge in [-0.15, -0.1) is 0 Å². The Balaban J connectivity index is 2.58. The van der Waals surface area contributed by atoms with Crippen molar-refractivity contribution in [2.24, 2.45) is 0 Å². The number of halogens is 1. The SMILES string of the molecule is CCCn1nccc1-c1nc(Cl)ccc1[N+](=O)[O-]. The van der Waals surface area contributed by atoms with E-state index in [1.165, 1.54) is 12.1 Å². The van der Waals surface area contributed by atoms with Crippen molar-refractivity contribution in [2.45, 2.75) is 19.9 Å². The first kappa shape index (κ1) is 12.5. The van der Waals surface area contributed by atoms with Crippen LogP contribution in [0.4, 0.5) is 5.69 Å². The van der Waals surface area contributed by atoms with Crippen LogP contribution in [0.15, 0.2) is 24.4 Å². The minimum absolute atomic E-state index is 0.0720. The Hall–Kier alpha value is -1.95. The van der Waals surface area contributed by atoms with Crippen LogP contribution in [0.2, 0.25) is 5.15 Å². The lowest BCUT2D eigenvalue weighted by atomic mass is 10.2. The molecule has 0 aliphatic rings. The molecule has 0 aliphatic carbocycles. The molecule has 2 rings (SSSR count). The summed E-state index contributed by atoms with van der Waals surface area (Å²) in [5, 5.41) is 15.3. The van der Waals surface area contributed by atoms with Gasteiger partial charge in [0.15, 0.2) is 5.69 Å². The van der Waals surface area contributed by atoms with Gasteiger partial charge in [0.2, 0.25) is 0 Å². The molecule has 0 atom stereocenters. The average Bonchev–Trinajstić information content (AvgIpc) is 2.77. The van der Waals surface area contributed by atoms with E-state index in [0.717, 1.165) is 6.42 Å². The third-order valence-electron chi connectivity index (χ3n) is 2.43. The van der Waals surface area contributed by atoms with Crippen LogP contribution >= 0.6 is 11.6 Å². The van der Waals surface area contributed by atoms with Gasteiger partial charge in [-0.05, 0) is 18.6 Å². The van der Waals surface area contributed by atoms with Gasteiger partial charge in [-0.2, -0.15) is 5.10 Å². The Morgan fingerprint density at radius 1 is 1.44 bits per heavy atom. The summed E-state index contributed by atoms with van der Waals surface area (Å²) in [6, 6.07) is 4.46. The highest BCUT2D eigenvalue weighted by Crippen LogP contribution is 2.29. The number of pyridine rings is 1. The Bertz CT molecular complexity index is 582. The molecule has 2 aromatic rings. The summed E-state index contributed by atoms with van der Waals surface area (Å²) in [6.45, 7) is 2.68. The fraction of sp³-hybridized carbons (Fsp3) is 0.273. The Morgan fingerprint density at radius 2 is 2.22 bits per heavy atom. The van der Waals surface area contributed by atoms with E-state index >= 15 is 0 Å². The van der Waals surface area contributed by atoms with Crippen molar-refractivity contribution in [2.75, 3.05) is 0 Å². The third-order valence-corrected chi connectivity index (χ3v) is 2.64. The molecule has 0 saturated carbocycles. The highest BCUT2D eigenvalue weighted by atomic mass is 35.5. The molecule has 0 fully saturated rings. The number of nitro groups is 1. The molecule has 2 aromatic heterocycles. The predicted octanol–water partition coefficient (Wildman–Crippen LogP) is 2.92. The minimum atomic E-state index is -0.470.